The molecule has 0 saturated heterocycles. The zero-order chi connectivity index (χ0) is 15.7. The molecule has 2 aliphatic carbocycles. The Hall–Kier alpha value is -2.36. The first kappa shape index (κ1) is 14.6. The zero-order valence-electron chi connectivity index (χ0n) is 12.5. The molecule has 2 aliphatic rings. The van der Waals surface area contributed by atoms with Crippen LogP contribution in [0.5, 0.6) is 0 Å². The van der Waals surface area contributed by atoms with Crippen LogP contribution in [0.1, 0.15) is 24.8 Å². The Kier molecular flexibility index (Phi) is 3.61. The molecule has 1 fully saturated rings. The molecule has 0 spiro atoms. The number of hydrogen-bond acceptors (Lipinski definition) is 4. The molecule has 114 valence electrons. The second-order valence-corrected chi connectivity index (χ2v) is 5.70. The molecular weight excluding hydrogens is 280 g/mol. The molecule has 0 bridgehead atoms. The topological polar surface area (TPSA) is 52.6 Å². The molecule has 0 amide bonds. The van der Waals surface area contributed by atoms with Crippen LogP contribution < -0.4 is 0 Å². The van der Waals surface area contributed by atoms with Gasteiger partial charge >= 0.3 is 5.97 Å². The largest absolute Gasteiger partial charge is 0.475 e. The zero-order valence-corrected chi connectivity index (χ0v) is 12.5. The van der Waals surface area contributed by atoms with Gasteiger partial charge in [0.2, 0.25) is 0 Å². The Bertz CT molecular complexity index is 659. The van der Waals surface area contributed by atoms with Crippen molar-refractivity contribution in [3.05, 3.63) is 54.3 Å². The molecule has 2 atom stereocenters. The van der Waals surface area contributed by atoms with E-state index >= 15 is 0 Å². The van der Waals surface area contributed by atoms with E-state index in [0.29, 0.717) is 12.0 Å². The number of rotatable bonds is 4. The van der Waals surface area contributed by atoms with E-state index in [0.717, 1.165) is 18.4 Å². The third-order valence-corrected chi connectivity index (χ3v) is 4.43. The highest BCUT2D eigenvalue weighted by molar-refractivity contribution is 6.25. The van der Waals surface area contributed by atoms with Gasteiger partial charge in [-0.15, -0.1) is 0 Å². The van der Waals surface area contributed by atoms with E-state index in [1.807, 2.05) is 36.4 Å². The molecule has 3 rings (SSSR count). The molecular formula is C18H18O4. The second-order valence-electron chi connectivity index (χ2n) is 5.70. The maximum atomic E-state index is 12.7. The summed E-state index contributed by atoms with van der Waals surface area (Å²) in [6.45, 7) is 3.63. The highest BCUT2D eigenvalue weighted by atomic mass is 16.6. The molecule has 0 aromatic heterocycles. The number of hydrogen-bond donors (Lipinski definition) is 0. The fourth-order valence-electron chi connectivity index (χ4n) is 3.41. The highest BCUT2D eigenvalue weighted by Crippen LogP contribution is 2.49. The molecule has 2 unspecified atom stereocenters. The first-order valence-corrected chi connectivity index (χ1v) is 7.36. The Morgan fingerprint density at radius 1 is 1.32 bits per heavy atom. The molecule has 0 N–H and O–H groups in total. The predicted octanol–water partition coefficient (Wildman–Crippen LogP) is 2.89. The van der Waals surface area contributed by atoms with E-state index in [-0.39, 0.29) is 17.5 Å². The van der Waals surface area contributed by atoms with Crippen molar-refractivity contribution < 1.29 is 19.1 Å². The van der Waals surface area contributed by atoms with Crippen LogP contribution in [-0.2, 0) is 19.1 Å². The number of fused-ring (bicyclic) bond motifs is 1. The average Bonchev–Trinajstić information content (AvgIpc) is 3.05. The maximum Gasteiger partial charge on any atom is 0.372 e. The van der Waals surface area contributed by atoms with E-state index in [1.165, 1.54) is 7.11 Å². The van der Waals surface area contributed by atoms with E-state index in [4.69, 9.17) is 4.74 Å². The van der Waals surface area contributed by atoms with Crippen molar-refractivity contribution in [3.63, 3.8) is 0 Å². The van der Waals surface area contributed by atoms with Crippen LogP contribution >= 0.6 is 0 Å². The third-order valence-electron chi connectivity index (χ3n) is 4.43. The molecule has 1 saturated carbocycles. The van der Waals surface area contributed by atoms with Gasteiger partial charge in [-0.25, -0.2) is 4.79 Å². The summed E-state index contributed by atoms with van der Waals surface area (Å²) in [6.07, 6.45) is 4.23. The van der Waals surface area contributed by atoms with Crippen molar-refractivity contribution in [2.24, 2.45) is 5.92 Å². The molecule has 4 nitrogen and oxygen atoms in total. The van der Waals surface area contributed by atoms with Crippen LogP contribution in [-0.4, -0.2) is 24.5 Å². The number of carbonyl (C=O) groups is 2. The summed E-state index contributed by atoms with van der Waals surface area (Å²) in [5.74, 6) is -0.813. The van der Waals surface area contributed by atoms with Crippen LogP contribution in [0.3, 0.4) is 0 Å². The van der Waals surface area contributed by atoms with Crippen molar-refractivity contribution in [1.29, 1.82) is 0 Å². The van der Waals surface area contributed by atoms with Gasteiger partial charge in [0.25, 0.3) is 0 Å². The van der Waals surface area contributed by atoms with Crippen LogP contribution in [0, 0.1) is 5.92 Å². The molecule has 1 aromatic carbocycles. The van der Waals surface area contributed by atoms with Gasteiger partial charge in [-0.1, -0.05) is 30.3 Å². The van der Waals surface area contributed by atoms with Crippen molar-refractivity contribution in [2.75, 3.05) is 7.11 Å². The number of methoxy groups -OCH3 is 1. The lowest BCUT2D eigenvalue weighted by Crippen LogP contribution is -2.35. The lowest BCUT2D eigenvalue weighted by Gasteiger charge is -2.28. The van der Waals surface area contributed by atoms with E-state index < -0.39 is 11.6 Å². The standard InChI is InChI=1S/C18H18O4/c1-12(17(20)21-2)22-18-10-6-9-15(18)16(19)14(11-18)13-7-4-3-5-8-13/h3-5,7-8,11,15H,1,6,9-10H2,2H3. The van der Waals surface area contributed by atoms with Gasteiger partial charge < -0.3 is 9.47 Å². The third kappa shape index (κ3) is 2.25. The minimum Gasteiger partial charge on any atom is -0.475 e. The van der Waals surface area contributed by atoms with Crippen molar-refractivity contribution in [1.82, 2.24) is 0 Å². The fraction of sp³-hybridized carbons (Fsp3) is 0.333. The summed E-state index contributed by atoms with van der Waals surface area (Å²) in [7, 11) is 1.28. The minimum absolute atomic E-state index is 0.0484. The van der Waals surface area contributed by atoms with Gasteiger partial charge in [-0.05, 0) is 37.5 Å². The number of carbonyl (C=O) groups excluding carboxylic acids is 2. The molecule has 22 heavy (non-hydrogen) atoms. The summed E-state index contributed by atoms with van der Waals surface area (Å²) in [4.78, 5) is 24.3. The van der Waals surface area contributed by atoms with E-state index in [9.17, 15) is 9.59 Å². The van der Waals surface area contributed by atoms with Crippen molar-refractivity contribution in [3.8, 4) is 0 Å². The normalized spacial score (nSPS) is 26.3. The second kappa shape index (κ2) is 5.44. The molecule has 4 heteroatoms. The first-order valence-electron chi connectivity index (χ1n) is 7.36. The van der Waals surface area contributed by atoms with Gasteiger partial charge in [0, 0.05) is 5.57 Å². The van der Waals surface area contributed by atoms with E-state index in [2.05, 4.69) is 11.3 Å². The van der Waals surface area contributed by atoms with Crippen LogP contribution in [0.15, 0.2) is 48.7 Å². The summed E-state index contributed by atoms with van der Waals surface area (Å²) in [6, 6.07) is 9.54. The number of esters is 1. The fourth-order valence-corrected chi connectivity index (χ4v) is 3.41. The number of Topliss-reactive ketones (excluding diaryl/α,β-unsaturated/α-hetero) is 1. The monoisotopic (exact) mass is 298 g/mol. The summed E-state index contributed by atoms with van der Waals surface area (Å²) < 4.78 is 10.5. The molecule has 0 heterocycles. The first-order chi connectivity index (χ1) is 10.6. The lowest BCUT2D eigenvalue weighted by molar-refractivity contribution is -0.144. The lowest BCUT2D eigenvalue weighted by atomic mass is 9.93. The molecule has 0 aliphatic heterocycles. The van der Waals surface area contributed by atoms with Gasteiger partial charge in [0.1, 0.15) is 5.60 Å². The number of benzene rings is 1. The quantitative estimate of drug-likeness (QED) is 0.487. The maximum absolute atomic E-state index is 12.7. The Balaban J connectivity index is 1.95. The van der Waals surface area contributed by atoms with Gasteiger partial charge in [0.15, 0.2) is 11.5 Å². The van der Waals surface area contributed by atoms with Crippen molar-refractivity contribution >= 4 is 17.3 Å². The molecule has 1 aromatic rings. The minimum atomic E-state index is -0.756. The smallest absolute Gasteiger partial charge is 0.372 e. The van der Waals surface area contributed by atoms with Crippen LogP contribution in [0.2, 0.25) is 0 Å². The number of ketones is 1. The van der Waals surface area contributed by atoms with Gasteiger partial charge in [-0.2, -0.15) is 0 Å². The van der Waals surface area contributed by atoms with E-state index in [1.54, 1.807) is 0 Å². The summed E-state index contributed by atoms with van der Waals surface area (Å²) >= 11 is 0. The summed E-state index contributed by atoms with van der Waals surface area (Å²) in [5.41, 5.74) is 0.796. The number of ether oxygens (including phenoxy) is 2. The van der Waals surface area contributed by atoms with Gasteiger partial charge in [-0.3, -0.25) is 4.79 Å². The Labute approximate surface area is 129 Å². The average molecular weight is 298 g/mol. The Morgan fingerprint density at radius 3 is 2.73 bits per heavy atom. The van der Waals surface area contributed by atoms with Crippen molar-refractivity contribution in [2.45, 2.75) is 24.9 Å². The van der Waals surface area contributed by atoms with Gasteiger partial charge in [0.05, 0.1) is 13.0 Å². The predicted molar refractivity (Wildman–Crippen MR) is 81.7 cm³/mol. The highest BCUT2D eigenvalue weighted by Gasteiger charge is 2.53. The molecule has 0 radical (unpaired) electrons. The van der Waals surface area contributed by atoms with Crippen LogP contribution in [0.25, 0.3) is 5.57 Å². The number of allylic oxidation sites excluding steroid dienone is 1. The SMILES string of the molecule is C=C(OC12C=C(c3ccccc3)C(=O)C1CCC2)C(=O)OC. The Morgan fingerprint density at radius 2 is 2.05 bits per heavy atom. The van der Waals surface area contributed by atoms with Crippen LogP contribution in [0.4, 0.5) is 0 Å². The summed E-state index contributed by atoms with van der Waals surface area (Å²) in [5, 5.41) is 0.